The first kappa shape index (κ1) is 24.3. The van der Waals surface area contributed by atoms with Crippen molar-refractivity contribution in [2.24, 2.45) is 5.41 Å². The van der Waals surface area contributed by atoms with E-state index >= 15 is 0 Å². The molecule has 2 heterocycles. The molecule has 0 atom stereocenters. The van der Waals surface area contributed by atoms with Crippen LogP contribution in [0.25, 0.3) is 0 Å². The normalized spacial score (nSPS) is 18.5. The number of Topliss-reactive ketones (excluding diaryl/α,β-unsaturated/α-hetero) is 1. The van der Waals surface area contributed by atoms with Crippen LogP contribution in [0.15, 0.2) is 27.5 Å². The Morgan fingerprint density at radius 1 is 1.03 bits per heavy atom. The molecular formula is C24H30N2O7S. The molecule has 0 N–H and O–H groups in total. The largest absolute Gasteiger partial charge is 0.493 e. The number of carbonyl (C=O) groups excluding carboxylic acids is 2. The smallest absolute Gasteiger partial charge is 0.289 e. The van der Waals surface area contributed by atoms with Gasteiger partial charge in [-0.15, -0.1) is 0 Å². The molecule has 0 bridgehead atoms. The van der Waals surface area contributed by atoms with Crippen LogP contribution in [0.5, 0.6) is 11.5 Å². The zero-order valence-electron chi connectivity index (χ0n) is 20.1. The Morgan fingerprint density at radius 2 is 1.68 bits per heavy atom. The van der Waals surface area contributed by atoms with Gasteiger partial charge in [-0.1, -0.05) is 13.8 Å². The maximum Gasteiger partial charge on any atom is 0.289 e. The molecule has 34 heavy (non-hydrogen) atoms. The predicted octanol–water partition coefficient (Wildman–Crippen LogP) is 2.91. The molecule has 2 aliphatic rings. The molecule has 0 saturated carbocycles. The van der Waals surface area contributed by atoms with Crippen LogP contribution in [0.4, 0.5) is 0 Å². The van der Waals surface area contributed by atoms with Gasteiger partial charge in [0, 0.05) is 50.7 Å². The van der Waals surface area contributed by atoms with Crippen LogP contribution >= 0.6 is 0 Å². The lowest BCUT2D eigenvalue weighted by Gasteiger charge is -2.33. The number of sulfonamides is 1. The molecule has 1 amide bonds. The van der Waals surface area contributed by atoms with E-state index in [9.17, 15) is 18.0 Å². The van der Waals surface area contributed by atoms with Crippen molar-refractivity contribution >= 4 is 21.7 Å². The first-order valence-electron chi connectivity index (χ1n) is 11.2. The van der Waals surface area contributed by atoms with Crippen molar-refractivity contribution in [3.63, 3.8) is 0 Å². The highest BCUT2D eigenvalue weighted by Gasteiger charge is 2.39. The topological polar surface area (TPSA) is 106 Å². The van der Waals surface area contributed by atoms with Crippen molar-refractivity contribution in [2.75, 3.05) is 40.4 Å². The predicted molar refractivity (Wildman–Crippen MR) is 124 cm³/mol. The molecule has 1 aromatic heterocycles. The first-order chi connectivity index (χ1) is 16.0. The molecule has 1 aliphatic carbocycles. The number of furan rings is 1. The van der Waals surface area contributed by atoms with Crippen LogP contribution < -0.4 is 9.47 Å². The number of rotatable bonds is 5. The second-order valence-electron chi connectivity index (χ2n) is 9.51. The SMILES string of the molecule is COc1ccc(S(=O)(=O)N2CCN(C(=O)c3oc4c(c3C)C(=O)CC(C)(C)C4)CC2)cc1OC. The third-order valence-corrected chi connectivity index (χ3v) is 8.38. The number of ether oxygens (including phenoxy) is 2. The molecule has 0 spiro atoms. The summed E-state index contributed by atoms with van der Waals surface area (Å²) in [6.45, 7) is 6.48. The summed E-state index contributed by atoms with van der Waals surface area (Å²) in [5.41, 5.74) is 0.886. The number of fused-ring (bicyclic) bond motifs is 1. The highest BCUT2D eigenvalue weighted by Crippen LogP contribution is 2.39. The molecular weight excluding hydrogens is 460 g/mol. The Kier molecular flexibility index (Phi) is 6.24. The fraction of sp³-hybridized carbons (Fsp3) is 0.500. The Morgan fingerprint density at radius 3 is 2.29 bits per heavy atom. The van der Waals surface area contributed by atoms with Crippen molar-refractivity contribution < 1.29 is 31.9 Å². The summed E-state index contributed by atoms with van der Waals surface area (Å²) >= 11 is 0. The minimum Gasteiger partial charge on any atom is -0.493 e. The molecule has 1 aromatic carbocycles. The van der Waals surface area contributed by atoms with Gasteiger partial charge in [-0.05, 0) is 24.5 Å². The lowest BCUT2D eigenvalue weighted by Crippen LogP contribution is -2.50. The van der Waals surface area contributed by atoms with Gasteiger partial charge in [-0.2, -0.15) is 4.31 Å². The summed E-state index contributed by atoms with van der Waals surface area (Å²) in [5, 5.41) is 0. The van der Waals surface area contributed by atoms with Gasteiger partial charge in [0.05, 0.1) is 24.7 Å². The molecule has 0 unspecified atom stereocenters. The van der Waals surface area contributed by atoms with Crippen LogP contribution in [-0.2, 0) is 16.4 Å². The third kappa shape index (κ3) is 4.20. The van der Waals surface area contributed by atoms with E-state index in [0.717, 1.165) is 0 Å². The van der Waals surface area contributed by atoms with E-state index in [1.54, 1.807) is 17.9 Å². The fourth-order valence-electron chi connectivity index (χ4n) is 4.69. The number of carbonyl (C=O) groups is 2. The number of nitrogens with zero attached hydrogens (tertiary/aromatic N) is 2. The zero-order chi connectivity index (χ0) is 24.8. The van der Waals surface area contributed by atoms with E-state index < -0.39 is 10.0 Å². The van der Waals surface area contributed by atoms with E-state index in [2.05, 4.69) is 0 Å². The highest BCUT2D eigenvalue weighted by atomic mass is 32.2. The Labute approximate surface area is 199 Å². The summed E-state index contributed by atoms with van der Waals surface area (Å²) in [6, 6.07) is 4.46. The number of hydrogen-bond acceptors (Lipinski definition) is 7. The van der Waals surface area contributed by atoms with E-state index in [4.69, 9.17) is 13.9 Å². The van der Waals surface area contributed by atoms with Crippen LogP contribution in [-0.4, -0.2) is 69.7 Å². The summed E-state index contributed by atoms with van der Waals surface area (Å²) in [5.74, 6) is 1.18. The minimum absolute atomic E-state index is 0.00242. The summed E-state index contributed by atoms with van der Waals surface area (Å²) in [6.07, 6.45) is 1.01. The van der Waals surface area contributed by atoms with Crippen molar-refractivity contribution in [3.05, 3.63) is 40.8 Å². The first-order valence-corrected chi connectivity index (χ1v) is 12.6. The summed E-state index contributed by atoms with van der Waals surface area (Å²) < 4.78 is 44.0. The molecule has 0 radical (unpaired) electrons. The van der Waals surface area contributed by atoms with Gasteiger partial charge in [0.1, 0.15) is 5.76 Å². The van der Waals surface area contributed by atoms with Gasteiger partial charge in [-0.25, -0.2) is 8.42 Å². The minimum atomic E-state index is -3.77. The molecule has 184 valence electrons. The average molecular weight is 491 g/mol. The zero-order valence-corrected chi connectivity index (χ0v) is 21.0. The van der Waals surface area contributed by atoms with Crippen LogP contribution in [0.3, 0.4) is 0 Å². The molecule has 10 heteroatoms. The lowest BCUT2D eigenvalue weighted by atomic mass is 9.76. The quantitative estimate of drug-likeness (QED) is 0.634. The lowest BCUT2D eigenvalue weighted by molar-refractivity contribution is 0.0660. The Hall–Kier alpha value is -2.85. The number of benzene rings is 1. The molecule has 9 nitrogen and oxygen atoms in total. The number of piperazine rings is 1. The van der Waals surface area contributed by atoms with Gasteiger partial charge >= 0.3 is 0 Å². The Balaban J connectivity index is 1.49. The molecule has 1 aliphatic heterocycles. The van der Waals surface area contributed by atoms with Gasteiger partial charge in [0.2, 0.25) is 10.0 Å². The standard InChI is InChI=1S/C24H30N2O7S/c1-15-21-17(27)13-24(2,3)14-20(21)33-22(15)23(28)25-8-10-26(11-9-25)34(29,30)16-6-7-18(31-4)19(12-16)32-5/h6-7,12H,8-11,13-14H2,1-5H3. The number of amides is 1. The maximum atomic E-state index is 13.2. The van der Waals surface area contributed by atoms with E-state index in [1.807, 2.05) is 13.8 Å². The fourth-order valence-corrected chi connectivity index (χ4v) is 6.13. The molecule has 4 rings (SSSR count). The van der Waals surface area contributed by atoms with Crippen molar-refractivity contribution in [1.29, 1.82) is 0 Å². The molecule has 1 saturated heterocycles. The van der Waals surface area contributed by atoms with Gasteiger partial charge < -0.3 is 18.8 Å². The van der Waals surface area contributed by atoms with E-state index in [0.29, 0.717) is 41.2 Å². The van der Waals surface area contributed by atoms with Crippen molar-refractivity contribution in [1.82, 2.24) is 9.21 Å². The molecule has 2 aromatic rings. The van der Waals surface area contributed by atoms with E-state index in [-0.39, 0.29) is 53.9 Å². The van der Waals surface area contributed by atoms with Crippen molar-refractivity contribution in [2.45, 2.75) is 38.5 Å². The maximum absolute atomic E-state index is 13.2. The summed E-state index contributed by atoms with van der Waals surface area (Å²) in [7, 11) is -0.844. The van der Waals surface area contributed by atoms with Gasteiger partial charge in [0.15, 0.2) is 23.0 Å². The summed E-state index contributed by atoms with van der Waals surface area (Å²) in [4.78, 5) is 27.5. The van der Waals surface area contributed by atoms with Gasteiger partial charge in [0.25, 0.3) is 5.91 Å². The molecule has 1 fully saturated rings. The average Bonchev–Trinajstić information content (AvgIpc) is 3.13. The van der Waals surface area contributed by atoms with Crippen molar-refractivity contribution in [3.8, 4) is 11.5 Å². The number of methoxy groups -OCH3 is 2. The number of hydrogen-bond donors (Lipinski definition) is 0. The van der Waals surface area contributed by atoms with Gasteiger partial charge in [-0.3, -0.25) is 9.59 Å². The Bertz CT molecular complexity index is 1240. The second-order valence-corrected chi connectivity index (χ2v) is 11.4. The van der Waals surface area contributed by atoms with Crippen LogP contribution in [0, 0.1) is 12.3 Å². The van der Waals surface area contributed by atoms with E-state index in [1.165, 1.54) is 30.7 Å². The highest BCUT2D eigenvalue weighted by molar-refractivity contribution is 7.89. The van der Waals surface area contributed by atoms with Crippen LogP contribution in [0.2, 0.25) is 0 Å². The second kappa shape index (κ2) is 8.74. The van der Waals surface area contributed by atoms with Crippen LogP contribution in [0.1, 0.15) is 52.5 Å². The third-order valence-electron chi connectivity index (χ3n) is 6.49. The number of ketones is 1. The monoisotopic (exact) mass is 490 g/mol.